The van der Waals surface area contributed by atoms with Gasteiger partial charge in [-0.15, -0.1) is 0 Å². The summed E-state index contributed by atoms with van der Waals surface area (Å²) < 4.78 is 7.29. The third kappa shape index (κ3) is 3.71. The highest BCUT2D eigenvalue weighted by atomic mass is 15.0. The third-order valence-corrected chi connectivity index (χ3v) is 9.32. The fraction of sp³-hybridized carbons (Fsp3) is 0.0476. The molecule has 3 heteroatoms. The lowest BCUT2D eigenvalue weighted by Gasteiger charge is -2.18. The molecule has 3 nitrogen and oxygen atoms in total. The molecule has 9 rings (SSSR count). The molecule has 0 fully saturated rings. The van der Waals surface area contributed by atoms with Crippen molar-refractivity contribution in [3.05, 3.63) is 157 Å². The van der Waals surface area contributed by atoms with E-state index in [9.17, 15) is 0 Å². The molecule has 0 amide bonds. The van der Waals surface area contributed by atoms with Crippen LogP contribution in [0.3, 0.4) is 0 Å². The molecule has 6 aromatic carbocycles. The lowest BCUT2D eigenvalue weighted by molar-refractivity contribution is 1.06. The van der Waals surface area contributed by atoms with Gasteiger partial charge in [-0.05, 0) is 74.0 Å². The lowest BCUT2D eigenvalue weighted by Crippen LogP contribution is -2.04. The maximum absolute atomic E-state index is 2.43. The monoisotopic (exact) mass is 577 g/mol. The van der Waals surface area contributed by atoms with Gasteiger partial charge in [-0.1, -0.05) is 97.1 Å². The molecule has 0 aliphatic carbocycles. The zero-order valence-corrected chi connectivity index (χ0v) is 25.3. The van der Waals surface area contributed by atoms with Gasteiger partial charge in [-0.3, -0.25) is 0 Å². The molecule has 0 N–H and O–H groups in total. The van der Waals surface area contributed by atoms with Crippen LogP contribution in [-0.4, -0.2) is 13.7 Å². The number of hydrogen-bond donors (Lipinski definition) is 0. The second-order valence-electron chi connectivity index (χ2n) is 11.8. The van der Waals surface area contributed by atoms with E-state index in [2.05, 4.69) is 179 Å². The van der Waals surface area contributed by atoms with Crippen molar-refractivity contribution >= 4 is 60.6 Å². The van der Waals surface area contributed by atoms with E-state index in [4.69, 9.17) is 0 Å². The van der Waals surface area contributed by atoms with Gasteiger partial charge in [0.05, 0.1) is 44.6 Å². The first kappa shape index (κ1) is 25.7. The zero-order valence-electron chi connectivity index (χ0n) is 25.3. The Hall–Kier alpha value is -5.80. The summed E-state index contributed by atoms with van der Waals surface area (Å²) in [6.07, 6.45) is 4.38. The molecule has 214 valence electrons. The van der Waals surface area contributed by atoms with Crippen molar-refractivity contribution in [1.29, 1.82) is 0 Å². The topological polar surface area (TPSA) is 14.8 Å². The van der Waals surface area contributed by atoms with Crippen molar-refractivity contribution in [3.63, 3.8) is 0 Å². The van der Waals surface area contributed by atoms with E-state index in [1.165, 1.54) is 65.8 Å². The molecule has 0 radical (unpaired) electrons. The second kappa shape index (κ2) is 9.87. The van der Waals surface area contributed by atoms with Crippen LogP contribution in [0.15, 0.2) is 146 Å². The maximum Gasteiger partial charge on any atom is 0.0541 e. The smallest absolute Gasteiger partial charge is 0.0541 e. The van der Waals surface area contributed by atoms with Crippen molar-refractivity contribution in [1.82, 2.24) is 13.7 Å². The molecule has 45 heavy (non-hydrogen) atoms. The number of para-hydroxylation sites is 5. The van der Waals surface area contributed by atoms with Gasteiger partial charge in [0.1, 0.15) is 0 Å². The Morgan fingerprint density at radius 1 is 0.400 bits per heavy atom. The molecule has 0 aliphatic rings. The summed E-state index contributed by atoms with van der Waals surface area (Å²) in [6.45, 7) is 4.33. The van der Waals surface area contributed by atoms with Crippen LogP contribution in [0.2, 0.25) is 0 Å². The van der Waals surface area contributed by atoms with Crippen molar-refractivity contribution in [2.24, 2.45) is 0 Å². The van der Waals surface area contributed by atoms with E-state index in [1.54, 1.807) is 0 Å². The summed E-state index contributed by atoms with van der Waals surface area (Å²) in [5.41, 5.74) is 11.9. The molecule has 0 aliphatic heterocycles. The minimum atomic E-state index is 1.13. The number of hydrogen-bond acceptors (Lipinski definition) is 0. The largest absolute Gasteiger partial charge is 0.309 e. The van der Waals surface area contributed by atoms with Crippen LogP contribution in [0.25, 0.3) is 77.7 Å². The van der Waals surface area contributed by atoms with Crippen molar-refractivity contribution in [2.75, 3.05) is 0 Å². The summed E-state index contributed by atoms with van der Waals surface area (Å²) in [5, 5.41) is 6.30. The van der Waals surface area contributed by atoms with E-state index in [1.807, 2.05) is 0 Å². The minimum Gasteiger partial charge on any atom is -0.309 e. The summed E-state index contributed by atoms with van der Waals surface area (Å²) in [5.74, 6) is 0. The Kier molecular flexibility index (Phi) is 5.63. The Morgan fingerprint density at radius 2 is 0.711 bits per heavy atom. The summed E-state index contributed by atoms with van der Waals surface area (Å²) in [6, 6.07) is 50.8. The first-order valence-corrected chi connectivity index (χ1v) is 15.6. The quantitative estimate of drug-likeness (QED) is 0.198. The average Bonchev–Trinajstić information content (AvgIpc) is 3.70. The van der Waals surface area contributed by atoms with Crippen molar-refractivity contribution in [3.8, 4) is 17.1 Å². The number of aromatic nitrogens is 3. The van der Waals surface area contributed by atoms with Gasteiger partial charge in [-0.25, -0.2) is 0 Å². The van der Waals surface area contributed by atoms with E-state index in [0.29, 0.717) is 0 Å². The molecule has 0 unspecified atom stereocenters. The Labute approximate surface area is 261 Å². The summed E-state index contributed by atoms with van der Waals surface area (Å²) in [4.78, 5) is 0. The van der Waals surface area contributed by atoms with Crippen LogP contribution in [0.5, 0.6) is 0 Å². The van der Waals surface area contributed by atoms with Crippen LogP contribution < -0.4 is 0 Å². The molecule has 0 saturated carbocycles. The standard InChI is InChI=1S/C42H31N3/c1-3-14-37-28(2)32-15-4-9-20-38(32)43(37)29-25-30(44-39-21-10-5-16-33(39)34-17-6-11-22-40(34)44)27-31(26-29)45-41-23-12-7-18-35(41)36-19-8-13-24-42(36)45/h3-27H,1-2H3/b14-3-. The third-order valence-electron chi connectivity index (χ3n) is 9.32. The SMILES string of the molecule is C/C=C\c1c(C)c2ccccc2n1-c1cc(-n2c3ccccc3c3ccccc32)cc(-n2c3ccccc3c3ccccc32)c1. The predicted octanol–water partition coefficient (Wildman–Crippen LogP) is 11.2. The summed E-state index contributed by atoms with van der Waals surface area (Å²) >= 11 is 0. The molecule has 0 saturated heterocycles. The van der Waals surface area contributed by atoms with Crippen LogP contribution in [-0.2, 0) is 0 Å². The van der Waals surface area contributed by atoms with E-state index in [0.717, 1.165) is 17.1 Å². The number of aryl methyl sites for hydroxylation is 1. The van der Waals surface area contributed by atoms with Gasteiger partial charge in [0, 0.05) is 32.6 Å². The van der Waals surface area contributed by atoms with E-state index >= 15 is 0 Å². The maximum atomic E-state index is 2.43. The first-order chi connectivity index (χ1) is 22.2. The molecule has 3 aromatic heterocycles. The first-order valence-electron chi connectivity index (χ1n) is 15.6. The van der Waals surface area contributed by atoms with Gasteiger partial charge in [-0.2, -0.15) is 0 Å². The highest BCUT2D eigenvalue weighted by Crippen LogP contribution is 2.38. The fourth-order valence-electron chi connectivity index (χ4n) is 7.43. The number of benzene rings is 6. The van der Waals surface area contributed by atoms with Gasteiger partial charge in [0.25, 0.3) is 0 Å². The average molecular weight is 578 g/mol. The number of fused-ring (bicyclic) bond motifs is 7. The molecule has 0 bridgehead atoms. The second-order valence-corrected chi connectivity index (χ2v) is 11.8. The van der Waals surface area contributed by atoms with Crippen molar-refractivity contribution < 1.29 is 0 Å². The number of allylic oxidation sites excluding steroid dienone is 1. The molecular formula is C42H31N3. The predicted molar refractivity (Wildman–Crippen MR) is 191 cm³/mol. The van der Waals surface area contributed by atoms with Crippen LogP contribution in [0.4, 0.5) is 0 Å². The zero-order chi connectivity index (χ0) is 30.1. The van der Waals surface area contributed by atoms with Crippen LogP contribution >= 0.6 is 0 Å². The highest BCUT2D eigenvalue weighted by Gasteiger charge is 2.19. The van der Waals surface area contributed by atoms with Gasteiger partial charge in [0.15, 0.2) is 0 Å². The fourth-order valence-corrected chi connectivity index (χ4v) is 7.43. The van der Waals surface area contributed by atoms with Crippen LogP contribution in [0, 0.1) is 6.92 Å². The molecular weight excluding hydrogens is 546 g/mol. The Balaban J connectivity index is 1.46. The van der Waals surface area contributed by atoms with Gasteiger partial charge < -0.3 is 13.7 Å². The Bertz CT molecular complexity index is 2380. The lowest BCUT2D eigenvalue weighted by atomic mass is 10.1. The summed E-state index contributed by atoms with van der Waals surface area (Å²) in [7, 11) is 0. The molecule has 0 spiro atoms. The van der Waals surface area contributed by atoms with Crippen LogP contribution in [0.1, 0.15) is 18.2 Å². The molecule has 3 heterocycles. The number of rotatable bonds is 4. The van der Waals surface area contributed by atoms with E-state index in [-0.39, 0.29) is 0 Å². The van der Waals surface area contributed by atoms with Gasteiger partial charge >= 0.3 is 0 Å². The molecule has 0 atom stereocenters. The highest BCUT2D eigenvalue weighted by molar-refractivity contribution is 6.10. The normalized spacial score (nSPS) is 12.1. The Morgan fingerprint density at radius 3 is 1.09 bits per heavy atom. The molecule has 9 aromatic rings. The minimum absolute atomic E-state index is 1.13. The number of nitrogens with zero attached hydrogens (tertiary/aromatic N) is 3. The van der Waals surface area contributed by atoms with Crippen molar-refractivity contribution in [2.45, 2.75) is 13.8 Å². The van der Waals surface area contributed by atoms with E-state index < -0.39 is 0 Å². The van der Waals surface area contributed by atoms with Gasteiger partial charge in [0.2, 0.25) is 0 Å².